The summed E-state index contributed by atoms with van der Waals surface area (Å²) < 4.78 is 16.7. The largest absolute Gasteiger partial charge is 0.466 e. The van der Waals surface area contributed by atoms with E-state index in [4.69, 9.17) is 14.2 Å². The molecular weight excluding hydrogens is 967 g/mol. The number of hydrogen-bond donors (Lipinski definition) is 6. The SMILES string of the molecule is CCCC/C=C\CCCCCCCC(=O)OCCCCCCCCCCCCCC/C=C\CCCCCCCCCCCCCCC(=O)NC(COC1OC(CO)C(O)C(O)C1O)C(O)/C=C/CC/C=C/CCCCCC. The monoisotopic (exact) mass is 1090 g/mol. The summed E-state index contributed by atoms with van der Waals surface area (Å²) in [7, 11) is 0. The van der Waals surface area contributed by atoms with Gasteiger partial charge in [-0.15, -0.1) is 0 Å². The summed E-state index contributed by atoms with van der Waals surface area (Å²) in [5, 5.41) is 54.3. The van der Waals surface area contributed by atoms with Crippen LogP contribution in [0.25, 0.3) is 0 Å². The average molecular weight is 1090 g/mol. The molecule has 11 nitrogen and oxygen atoms in total. The Bertz CT molecular complexity index is 1420. The lowest BCUT2D eigenvalue weighted by molar-refractivity contribution is -0.302. The van der Waals surface area contributed by atoms with E-state index in [0.717, 1.165) is 57.8 Å². The van der Waals surface area contributed by atoms with Crippen molar-refractivity contribution in [2.24, 2.45) is 0 Å². The Labute approximate surface area is 472 Å². The number of unbranched alkanes of at least 4 members (excludes halogenated alkanes) is 36. The molecule has 1 aliphatic heterocycles. The van der Waals surface area contributed by atoms with Gasteiger partial charge in [0.1, 0.15) is 24.4 Å². The Morgan fingerprint density at radius 1 is 0.468 bits per heavy atom. The Morgan fingerprint density at radius 3 is 1.32 bits per heavy atom. The van der Waals surface area contributed by atoms with Crippen molar-refractivity contribution in [1.82, 2.24) is 5.32 Å². The van der Waals surface area contributed by atoms with Crippen molar-refractivity contribution >= 4 is 11.9 Å². The maximum Gasteiger partial charge on any atom is 0.305 e. The fraction of sp³-hybridized carbons (Fsp3) is 0.848. The van der Waals surface area contributed by atoms with Gasteiger partial charge >= 0.3 is 5.97 Å². The number of hydrogen-bond acceptors (Lipinski definition) is 10. The van der Waals surface area contributed by atoms with E-state index in [1.165, 1.54) is 212 Å². The zero-order valence-corrected chi connectivity index (χ0v) is 49.7. The minimum Gasteiger partial charge on any atom is -0.466 e. The van der Waals surface area contributed by atoms with Crippen molar-refractivity contribution in [3.8, 4) is 0 Å². The maximum atomic E-state index is 13.0. The van der Waals surface area contributed by atoms with Crippen LogP contribution in [0.15, 0.2) is 48.6 Å². The second-order valence-electron chi connectivity index (χ2n) is 22.4. The van der Waals surface area contributed by atoms with Gasteiger partial charge in [0, 0.05) is 12.8 Å². The zero-order valence-electron chi connectivity index (χ0n) is 49.7. The molecule has 0 saturated carbocycles. The molecule has 1 amide bonds. The van der Waals surface area contributed by atoms with Crippen LogP contribution in [0.4, 0.5) is 0 Å². The van der Waals surface area contributed by atoms with Crippen LogP contribution in [-0.2, 0) is 23.8 Å². The molecule has 7 unspecified atom stereocenters. The fourth-order valence-corrected chi connectivity index (χ4v) is 9.96. The van der Waals surface area contributed by atoms with Gasteiger partial charge in [-0.05, 0) is 89.9 Å². The molecule has 77 heavy (non-hydrogen) atoms. The van der Waals surface area contributed by atoms with Crippen molar-refractivity contribution in [2.45, 2.75) is 339 Å². The molecule has 1 fully saturated rings. The van der Waals surface area contributed by atoms with E-state index in [0.29, 0.717) is 19.4 Å². The molecule has 1 saturated heterocycles. The number of esters is 1. The summed E-state index contributed by atoms with van der Waals surface area (Å²) in [4.78, 5) is 25.0. The van der Waals surface area contributed by atoms with Gasteiger partial charge in [0.2, 0.25) is 5.91 Å². The van der Waals surface area contributed by atoms with Crippen molar-refractivity contribution in [2.75, 3.05) is 19.8 Å². The minimum atomic E-state index is -1.58. The highest BCUT2D eigenvalue weighted by atomic mass is 16.7. The summed E-state index contributed by atoms with van der Waals surface area (Å²) in [6.07, 6.45) is 61.0. The summed E-state index contributed by atoms with van der Waals surface area (Å²) in [5.41, 5.74) is 0. The molecular formula is C66H121NO10. The molecule has 6 N–H and O–H groups in total. The Morgan fingerprint density at radius 2 is 0.857 bits per heavy atom. The molecule has 0 radical (unpaired) electrons. The van der Waals surface area contributed by atoms with Gasteiger partial charge in [0.05, 0.1) is 32.0 Å². The van der Waals surface area contributed by atoms with E-state index >= 15 is 0 Å². The van der Waals surface area contributed by atoms with Gasteiger partial charge in [-0.25, -0.2) is 0 Å². The third kappa shape index (κ3) is 45.0. The van der Waals surface area contributed by atoms with Gasteiger partial charge in [-0.2, -0.15) is 0 Å². The van der Waals surface area contributed by atoms with Gasteiger partial charge in [0.25, 0.3) is 0 Å². The van der Waals surface area contributed by atoms with Crippen molar-refractivity contribution in [3.05, 3.63) is 48.6 Å². The molecule has 450 valence electrons. The number of nitrogens with one attached hydrogen (secondary N) is 1. The third-order valence-electron chi connectivity index (χ3n) is 15.1. The Balaban J connectivity index is 1.98. The van der Waals surface area contributed by atoms with Gasteiger partial charge in [-0.3, -0.25) is 9.59 Å². The molecule has 0 aromatic rings. The molecule has 0 aliphatic carbocycles. The second kappa shape index (κ2) is 55.5. The molecule has 0 spiro atoms. The number of aliphatic hydroxyl groups is 5. The maximum absolute atomic E-state index is 13.0. The number of ether oxygens (including phenoxy) is 3. The zero-order chi connectivity index (χ0) is 55.9. The normalized spacial score (nSPS) is 18.9. The van der Waals surface area contributed by atoms with Crippen molar-refractivity contribution < 1.29 is 49.3 Å². The number of amides is 1. The van der Waals surface area contributed by atoms with Gasteiger partial charge in [0.15, 0.2) is 6.29 Å². The first kappa shape index (κ1) is 72.6. The van der Waals surface area contributed by atoms with Crippen LogP contribution in [0.5, 0.6) is 0 Å². The van der Waals surface area contributed by atoms with Crippen LogP contribution in [0.1, 0.15) is 296 Å². The van der Waals surface area contributed by atoms with Crippen LogP contribution in [-0.4, -0.2) is 100 Å². The van der Waals surface area contributed by atoms with E-state index < -0.39 is 49.5 Å². The first-order valence-corrected chi connectivity index (χ1v) is 32.4. The second-order valence-corrected chi connectivity index (χ2v) is 22.4. The van der Waals surface area contributed by atoms with Gasteiger partial charge in [-0.1, -0.05) is 242 Å². The van der Waals surface area contributed by atoms with E-state index in [9.17, 15) is 35.1 Å². The fourth-order valence-electron chi connectivity index (χ4n) is 9.96. The van der Waals surface area contributed by atoms with Crippen LogP contribution < -0.4 is 5.32 Å². The lowest BCUT2D eigenvalue weighted by atomic mass is 9.99. The molecule has 0 aromatic heterocycles. The van der Waals surface area contributed by atoms with E-state index in [-0.39, 0.29) is 18.5 Å². The first-order valence-electron chi connectivity index (χ1n) is 32.4. The lowest BCUT2D eigenvalue weighted by Crippen LogP contribution is -2.60. The van der Waals surface area contributed by atoms with E-state index in [1.54, 1.807) is 6.08 Å². The van der Waals surface area contributed by atoms with E-state index in [2.05, 4.69) is 55.6 Å². The molecule has 0 bridgehead atoms. The molecule has 1 aliphatic rings. The molecule has 0 aromatic carbocycles. The standard InChI is InChI=1S/C66H121NO10/c1-3-5-7-9-11-13-33-38-42-46-50-54-62(71)75-55-51-47-43-39-35-32-30-28-26-24-22-20-18-16-15-17-19-21-23-25-27-29-31-34-37-41-45-49-53-61(70)67-58(57-76-66-65(74)64(73)63(72)60(56-68)77-66)59(69)52-48-44-40-36-14-12-10-8-6-4-2/h9,11,14-16,36,48,52,58-60,63-66,68-69,72-74H,3-8,10,12-13,17-35,37-47,49-51,53-57H2,1-2H3,(H,67,70)/b11-9-,16-15-,36-14+,52-48+. The number of aliphatic hydroxyl groups excluding tert-OH is 5. The number of carbonyl (C=O) groups is 2. The van der Waals surface area contributed by atoms with E-state index in [1.807, 2.05) is 6.08 Å². The highest BCUT2D eigenvalue weighted by Crippen LogP contribution is 2.23. The van der Waals surface area contributed by atoms with Crippen molar-refractivity contribution in [3.63, 3.8) is 0 Å². The number of allylic oxidation sites excluding steroid dienone is 7. The van der Waals surface area contributed by atoms with Crippen molar-refractivity contribution in [1.29, 1.82) is 0 Å². The van der Waals surface area contributed by atoms with Crippen LogP contribution in [0, 0.1) is 0 Å². The summed E-state index contributed by atoms with van der Waals surface area (Å²) in [6, 6.07) is -0.827. The van der Waals surface area contributed by atoms with Crippen LogP contribution >= 0.6 is 0 Å². The van der Waals surface area contributed by atoms with Gasteiger partial charge < -0.3 is 45.1 Å². The predicted molar refractivity (Wildman–Crippen MR) is 320 cm³/mol. The predicted octanol–water partition coefficient (Wildman–Crippen LogP) is 15.6. The average Bonchev–Trinajstić information content (AvgIpc) is 3.43. The highest BCUT2D eigenvalue weighted by Gasteiger charge is 2.44. The summed E-state index contributed by atoms with van der Waals surface area (Å²) >= 11 is 0. The Kier molecular flexibility index (Phi) is 52.4. The highest BCUT2D eigenvalue weighted by molar-refractivity contribution is 5.76. The molecule has 1 rings (SSSR count). The minimum absolute atomic E-state index is 0.00510. The topological polar surface area (TPSA) is 175 Å². The summed E-state index contributed by atoms with van der Waals surface area (Å²) in [5.74, 6) is -0.199. The molecule has 1 heterocycles. The lowest BCUT2D eigenvalue weighted by Gasteiger charge is -2.40. The smallest absolute Gasteiger partial charge is 0.305 e. The quantitative estimate of drug-likeness (QED) is 0.0195. The Hall–Kier alpha value is -2.38. The third-order valence-corrected chi connectivity index (χ3v) is 15.1. The molecule has 11 heteroatoms. The number of rotatable bonds is 56. The molecule has 7 atom stereocenters. The first-order chi connectivity index (χ1) is 37.7. The number of carbonyl (C=O) groups excluding carboxylic acids is 2. The van der Waals surface area contributed by atoms with Crippen LogP contribution in [0.3, 0.4) is 0 Å². The summed E-state index contributed by atoms with van der Waals surface area (Å²) in [6.45, 7) is 4.26. The van der Waals surface area contributed by atoms with Crippen LogP contribution in [0.2, 0.25) is 0 Å².